The molecule has 1 aliphatic heterocycles. The molecule has 1 amide bonds. The van der Waals surface area contributed by atoms with Crippen LogP contribution in [0.4, 0.5) is 0 Å². The molecule has 3 heterocycles. The highest BCUT2D eigenvalue weighted by molar-refractivity contribution is 14.0. The fourth-order valence-corrected chi connectivity index (χ4v) is 3.60. The summed E-state index contributed by atoms with van der Waals surface area (Å²) < 4.78 is 2.00. The van der Waals surface area contributed by atoms with Gasteiger partial charge in [-0.1, -0.05) is 13.0 Å². The predicted octanol–water partition coefficient (Wildman–Crippen LogP) is 1.44. The van der Waals surface area contributed by atoms with Crippen molar-refractivity contribution in [2.24, 2.45) is 4.99 Å². The van der Waals surface area contributed by atoms with Crippen LogP contribution in [0.2, 0.25) is 0 Å². The van der Waals surface area contributed by atoms with E-state index in [1.54, 1.807) is 0 Å². The largest absolute Gasteiger partial charge is 0.357 e. The number of pyridine rings is 1. The minimum atomic E-state index is 0. The maximum atomic E-state index is 11.9. The van der Waals surface area contributed by atoms with Gasteiger partial charge in [0.2, 0.25) is 5.91 Å². The summed E-state index contributed by atoms with van der Waals surface area (Å²) in [5.74, 6) is 1.88. The summed E-state index contributed by atoms with van der Waals surface area (Å²) in [6.07, 6.45) is 5.68. The highest BCUT2D eigenvalue weighted by atomic mass is 127. The van der Waals surface area contributed by atoms with Crippen molar-refractivity contribution >= 4 is 41.5 Å². The molecular formula is C21H35IN8O. The zero-order valence-corrected chi connectivity index (χ0v) is 20.8. The summed E-state index contributed by atoms with van der Waals surface area (Å²) in [4.78, 5) is 18.9. The quantitative estimate of drug-likeness (QED) is 0.252. The molecule has 10 heteroatoms. The fourth-order valence-electron chi connectivity index (χ4n) is 3.60. The Balaban J connectivity index is 0.00000341. The molecule has 0 radical (unpaired) electrons. The molecule has 0 aliphatic carbocycles. The second kappa shape index (κ2) is 13.5. The van der Waals surface area contributed by atoms with Crippen LogP contribution in [0.5, 0.6) is 0 Å². The molecule has 3 rings (SSSR count). The molecule has 0 aromatic carbocycles. The molecule has 1 aliphatic rings. The maximum Gasteiger partial charge on any atom is 0.234 e. The van der Waals surface area contributed by atoms with Crippen LogP contribution in [-0.2, 0) is 11.2 Å². The first-order chi connectivity index (χ1) is 14.7. The molecule has 0 saturated carbocycles. The van der Waals surface area contributed by atoms with E-state index < -0.39 is 0 Å². The van der Waals surface area contributed by atoms with E-state index in [2.05, 4.69) is 44.9 Å². The van der Waals surface area contributed by atoms with Gasteiger partial charge in [-0.25, -0.2) is 0 Å². The van der Waals surface area contributed by atoms with E-state index >= 15 is 0 Å². The smallest absolute Gasteiger partial charge is 0.234 e. The third-order valence-corrected chi connectivity index (χ3v) is 5.20. The first kappa shape index (κ1) is 25.3. The van der Waals surface area contributed by atoms with Crippen LogP contribution >= 0.6 is 24.0 Å². The van der Waals surface area contributed by atoms with Gasteiger partial charge in [-0.15, -0.1) is 34.2 Å². The van der Waals surface area contributed by atoms with Gasteiger partial charge in [0.1, 0.15) is 5.82 Å². The normalized spacial score (nSPS) is 15.5. The van der Waals surface area contributed by atoms with E-state index in [1.807, 2.05) is 28.8 Å². The summed E-state index contributed by atoms with van der Waals surface area (Å²) in [7, 11) is 0. The zero-order valence-electron chi connectivity index (χ0n) is 18.5. The first-order valence-corrected chi connectivity index (χ1v) is 11.0. The van der Waals surface area contributed by atoms with Gasteiger partial charge in [-0.05, 0) is 38.3 Å². The Labute approximate surface area is 201 Å². The van der Waals surface area contributed by atoms with Crippen LogP contribution in [-0.4, -0.2) is 76.7 Å². The number of hydrogen-bond acceptors (Lipinski definition) is 5. The van der Waals surface area contributed by atoms with Gasteiger partial charge in [0.15, 0.2) is 11.6 Å². The molecule has 2 aromatic heterocycles. The lowest BCUT2D eigenvalue weighted by Crippen LogP contribution is -2.50. The molecule has 1 saturated heterocycles. The summed E-state index contributed by atoms with van der Waals surface area (Å²) in [6, 6.07) is 6.26. The molecule has 2 aromatic rings. The number of amides is 1. The minimum Gasteiger partial charge on any atom is -0.357 e. The Morgan fingerprint density at radius 3 is 2.74 bits per heavy atom. The first-order valence-electron chi connectivity index (χ1n) is 11.0. The number of nitrogens with one attached hydrogen (secondary N) is 3. The predicted molar refractivity (Wildman–Crippen MR) is 134 cm³/mol. The van der Waals surface area contributed by atoms with Crippen molar-refractivity contribution in [1.82, 2.24) is 35.4 Å². The van der Waals surface area contributed by atoms with Crippen LogP contribution in [0, 0.1) is 0 Å². The van der Waals surface area contributed by atoms with Crippen molar-refractivity contribution < 1.29 is 4.79 Å². The van der Waals surface area contributed by atoms with Crippen LogP contribution in [0.15, 0.2) is 29.4 Å². The molecule has 3 N–H and O–H groups in total. The van der Waals surface area contributed by atoms with Crippen LogP contribution in [0.25, 0.3) is 5.65 Å². The lowest BCUT2D eigenvalue weighted by Gasteiger charge is -2.32. The van der Waals surface area contributed by atoms with E-state index in [0.717, 1.165) is 69.3 Å². The Morgan fingerprint density at radius 2 is 2.00 bits per heavy atom. The molecule has 9 nitrogen and oxygen atoms in total. The van der Waals surface area contributed by atoms with E-state index in [0.29, 0.717) is 19.1 Å². The number of piperidine rings is 1. The number of likely N-dealkylation sites (tertiary alicyclic amines) is 1. The number of hydrogen-bond donors (Lipinski definition) is 3. The standard InChI is InChI=1S/C21H34N8O.HI/c1-3-11-23-20(30)16-28-14-9-17(10-15-28)25-21(22-4-2)24-12-8-19-27-26-18-7-5-6-13-29(18)19;/h5-7,13,17H,3-4,8-12,14-16H2,1-2H3,(H,23,30)(H2,22,24,25);1H. The van der Waals surface area contributed by atoms with Crippen molar-refractivity contribution in [2.45, 2.75) is 45.6 Å². The topological polar surface area (TPSA) is 99.0 Å². The highest BCUT2D eigenvalue weighted by Gasteiger charge is 2.21. The second-order valence-corrected chi connectivity index (χ2v) is 7.60. The molecule has 0 spiro atoms. The van der Waals surface area contributed by atoms with E-state index in [-0.39, 0.29) is 29.9 Å². The number of carbonyl (C=O) groups is 1. The molecule has 0 unspecified atom stereocenters. The van der Waals surface area contributed by atoms with Crippen LogP contribution in [0.1, 0.15) is 38.9 Å². The molecule has 1 fully saturated rings. The van der Waals surface area contributed by atoms with Gasteiger partial charge in [0, 0.05) is 51.4 Å². The van der Waals surface area contributed by atoms with Crippen molar-refractivity contribution in [3.05, 3.63) is 30.2 Å². The van der Waals surface area contributed by atoms with Crippen LogP contribution in [0.3, 0.4) is 0 Å². The van der Waals surface area contributed by atoms with Gasteiger partial charge in [0.25, 0.3) is 0 Å². The summed E-state index contributed by atoms with van der Waals surface area (Å²) in [5.41, 5.74) is 0.858. The number of rotatable bonds is 9. The Bertz CT molecular complexity index is 832. The maximum absolute atomic E-state index is 11.9. The Morgan fingerprint density at radius 1 is 1.19 bits per heavy atom. The number of carbonyl (C=O) groups excluding carboxylic acids is 1. The summed E-state index contributed by atoms with van der Waals surface area (Å²) >= 11 is 0. The van der Waals surface area contributed by atoms with E-state index in [4.69, 9.17) is 4.99 Å². The molecule has 0 atom stereocenters. The molecule has 0 bridgehead atoms. The monoisotopic (exact) mass is 542 g/mol. The summed E-state index contributed by atoms with van der Waals surface area (Å²) in [6.45, 7) is 8.68. The lowest BCUT2D eigenvalue weighted by molar-refractivity contribution is -0.122. The zero-order chi connectivity index (χ0) is 21.2. The highest BCUT2D eigenvalue weighted by Crippen LogP contribution is 2.10. The van der Waals surface area contributed by atoms with E-state index in [9.17, 15) is 4.79 Å². The third-order valence-electron chi connectivity index (χ3n) is 5.20. The van der Waals surface area contributed by atoms with Gasteiger partial charge in [-0.3, -0.25) is 19.1 Å². The van der Waals surface area contributed by atoms with Gasteiger partial charge in [0.05, 0.1) is 6.54 Å². The third kappa shape index (κ3) is 7.91. The van der Waals surface area contributed by atoms with Crippen LogP contribution < -0.4 is 16.0 Å². The molecule has 172 valence electrons. The average molecular weight is 542 g/mol. The van der Waals surface area contributed by atoms with Crippen molar-refractivity contribution in [2.75, 3.05) is 39.3 Å². The summed E-state index contributed by atoms with van der Waals surface area (Å²) in [5, 5.41) is 18.3. The number of nitrogens with zero attached hydrogens (tertiary/aromatic N) is 5. The molecule has 31 heavy (non-hydrogen) atoms. The number of fused-ring (bicyclic) bond motifs is 1. The van der Waals surface area contributed by atoms with Gasteiger partial charge < -0.3 is 16.0 Å². The minimum absolute atomic E-state index is 0. The van der Waals surface area contributed by atoms with Gasteiger partial charge >= 0.3 is 0 Å². The Kier molecular flexibility index (Phi) is 11.0. The van der Waals surface area contributed by atoms with E-state index in [1.165, 1.54) is 0 Å². The van der Waals surface area contributed by atoms with Crippen molar-refractivity contribution in [3.63, 3.8) is 0 Å². The molecular weight excluding hydrogens is 507 g/mol. The number of aromatic nitrogens is 3. The fraction of sp³-hybridized carbons (Fsp3) is 0.619. The van der Waals surface area contributed by atoms with Crippen molar-refractivity contribution in [3.8, 4) is 0 Å². The SMILES string of the molecule is CCCNC(=O)CN1CCC(NC(=NCCc2nnc3ccccn23)NCC)CC1.I. The second-order valence-electron chi connectivity index (χ2n) is 7.60. The van der Waals surface area contributed by atoms with Gasteiger partial charge in [-0.2, -0.15) is 0 Å². The number of halogens is 1. The van der Waals surface area contributed by atoms with Crippen molar-refractivity contribution in [1.29, 1.82) is 0 Å². The Hall–Kier alpha value is -1.95. The average Bonchev–Trinajstić information content (AvgIpc) is 3.17. The number of aliphatic imine (C=N–C) groups is 1. The number of guanidine groups is 1. The lowest BCUT2D eigenvalue weighted by atomic mass is 10.1.